The van der Waals surface area contributed by atoms with Crippen molar-refractivity contribution in [3.8, 4) is 0 Å². The molecule has 0 bridgehead atoms. The van der Waals surface area contributed by atoms with Crippen LogP contribution in [0.1, 0.15) is 6.42 Å². The zero-order valence-corrected chi connectivity index (χ0v) is 12.5. The van der Waals surface area contributed by atoms with E-state index >= 15 is 0 Å². The Kier molecular flexibility index (Phi) is 4.96. The van der Waals surface area contributed by atoms with Gasteiger partial charge in [-0.1, -0.05) is 0 Å². The first-order chi connectivity index (χ1) is 10.3. The van der Waals surface area contributed by atoms with Gasteiger partial charge in [-0.15, -0.1) is 0 Å². The number of sulfone groups is 1. The normalized spacial score (nSPS) is 19.4. The maximum atomic E-state index is 12.7. The third-order valence-corrected chi connectivity index (χ3v) is 4.87. The van der Waals surface area contributed by atoms with E-state index in [1.165, 1.54) is 24.3 Å². The molecule has 3 amide bonds. The molecule has 1 aromatic rings. The smallest absolute Gasteiger partial charge is 0.315 e. The predicted octanol–water partition coefficient (Wildman–Crippen LogP) is 0.251. The summed E-state index contributed by atoms with van der Waals surface area (Å²) in [5, 5.41) is 7.33. The van der Waals surface area contributed by atoms with Gasteiger partial charge >= 0.3 is 6.03 Å². The molecule has 120 valence electrons. The van der Waals surface area contributed by atoms with Crippen molar-refractivity contribution in [2.24, 2.45) is 0 Å². The number of rotatable bonds is 4. The molecule has 2 rings (SSSR count). The monoisotopic (exact) mass is 329 g/mol. The molecule has 1 heterocycles. The molecule has 1 unspecified atom stereocenters. The van der Waals surface area contributed by atoms with E-state index in [-0.39, 0.29) is 18.1 Å². The summed E-state index contributed by atoms with van der Waals surface area (Å²) in [5.41, 5.74) is 0.412. The summed E-state index contributed by atoms with van der Waals surface area (Å²) in [4.78, 5) is 23.2. The Morgan fingerprint density at radius 3 is 2.50 bits per heavy atom. The van der Waals surface area contributed by atoms with Gasteiger partial charge in [-0.25, -0.2) is 17.6 Å². The summed E-state index contributed by atoms with van der Waals surface area (Å²) in [6.07, 6.45) is 0.373. The number of urea groups is 1. The minimum Gasteiger partial charge on any atom is -0.334 e. The van der Waals surface area contributed by atoms with E-state index in [4.69, 9.17) is 0 Å². The number of hydrogen-bond donors (Lipinski definition) is 3. The highest BCUT2D eigenvalue weighted by molar-refractivity contribution is 7.91. The number of carbonyl (C=O) groups excluding carboxylic acids is 2. The first-order valence-electron chi connectivity index (χ1n) is 6.64. The quantitative estimate of drug-likeness (QED) is 0.736. The van der Waals surface area contributed by atoms with Crippen molar-refractivity contribution in [2.45, 2.75) is 12.5 Å². The Morgan fingerprint density at radius 1 is 1.23 bits per heavy atom. The Morgan fingerprint density at radius 2 is 1.91 bits per heavy atom. The molecule has 0 spiro atoms. The summed E-state index contributed by atoms with van der Waals surface area (Å²) < 4.78 is 35.2. The van der Waals surface area contributed by atoms with Gasteiger partial charge < -0.3 is 16.0 Å². The van der Waals surface area contributed by atoms with E-state index in [1.54, 1.807) is 0 Å². The minimum absolute atomic E-state index is 0.0585. The first-order valence-corrected chi connectivity index (χ1v) is 8.46. The van der Waals surface area contributed by atoms with Crippen LogP contribution in [0.25, 0.3) is 0 Å². The molecular weight excluding hydrogens is 313 g/mol. The largest absolute Gasteiger partial charge is 0.334 e. The molecule has 1 atom stereocenters. The second kappa shape index (κ2) is 6.73. The summed E-state index contributed by atoms with van der Waals surface area (Å²) >= 11 is 0. The summed E-state index contributed by atoms with van der Waals surface area (Å²) in [5.74, 6) is -0.909. The molecule has 22 heavy (non-hydrogen) atoms. The van der Waals surface area contributed by atoms with Crippen molar-refractivity contribution < 1.29 is 22.4 Å². The van der Waals surface area contributed by atoms with E-state index in [1.807, 2.05) is 0 Å². The van der Waals surface area contributed by atoms with Crippen LogP contribution in [0.2, 0.25) is 0 Å². The van der Waals surface area contributed by atoms with Crippen LogP contribution >= 0.6 is 0 Å². The van der Waals surface area contributed by atoms with Crippen LogP contribution in [0.5, 0.6) is 0 Å². The van der Waals surface area contributed by atoms with E-state index in [0.29, 0.717) is 12.1 Å². The fourth-order valence-electron chi connectivity index (χ4n) is 2.04. The van der Waals surface area contributed by atoms with Crippen molar-refractivity contribution in [3.63, 3.8) is 0 Å². The highest BCUT2D eigenvalue weighted by atomic mass is 32.2. The van der Waals surface area contributed by atoms with Crippen LogP contribution in [0.4, 0.5) is 14.9 Å². The standard InChI is InChI=1S/C13H16FN3O4S/c14-9-1-3-10(4-2-9)16-12(18)7-15-13(19)17-11-5-6-22(20,21)8-11/h1-4,11H,5-8H2,(H,16,18)(H2,15,17,19). The number of hydrogen-bond acceptors (Lipinski definition) is 4. The number of nitrogens with one attached hydrogen (secondary N) is 3. The van der Waals surface area contributed by atoms with Gasteiger partial charge in [-0.05, 0) is 30.7 Å². The summed E-state index contributed by atoms with van der Waals surface area (Å²) in [7, 11) is -3.07. The SMILES string of the molecule is O=C(CNC(=O)NC1CCS(=O)(=O)C1)Nc1ccc(F)cc1. The van der Waals surface area contributed by atoms with Crippen molar-refractivity contribution >= 4 is 27.5 Å². The summed E-state index contributed by atoms with van der Waals surface area (Å²) in [6.45, 7) is -0.275. The zero-order chi connectivity index (χ0) is 16.2. The average Bonchev–Trinajstić information content (AvgIpc) is 2.78. The van der Waals surface area contributed by atoms with Crippen molar-refractivity contribution in [2.75, 3.05) is 23.4 Å². The Hall–Kier alpha value is -2.16. The molecule has 1 aliphatic rings. The number of halogens is 1. The van der Waals surface area contributed by atoms with Gasteiger partial charge in [0.2, 0.25) is 5.91 Å². The van der Waals surface area contributed by atoms with Crippen LogP contribution in [0.15, 0.2) is 24.3 Å². The van der Waals surface area contributed by atoms with Gasteiger partial charge in [-0.2, -0.15) is 0 Å². The van der Waals surface area contributed by atoms with Crippen molar-refractivity contribution in [3.05, 3.63) is 30.1 Å². The topological polar surface area (TPSA) is 104 Å². The van der Waals surface area contributed by atoms with E-state index in [0.717, 1.165) is 0 Å². The van der Waals surface area contributed by atoms with Gasteiger partial charge in [0.25, 0.3) is 0 Å². The van der Waals surface area contributed by atoms with E-state index in [2.05, 4.69) is 16.0 Å². The number of benzene rings is 1. The zero-order valence-electron chi connectivity index (χ0n) is 11.6. The third kappa shape index (κ3) is 4.99. The fourth-order valence-corrected chi connectivity index (χ4v) is 3.72. The maximum Gasteiger partial charge on any atom is 0.315 e. The third-order valence-electron chi connectivity index (χ3n) is 3.11. The molecule has 1 fully saturated rings. The number of carbonyl (C=O) groups is 2. The lowest BCUT2D eigenvalue weighted by molar-refractivity contribution is -0.115. The van der Waals surface area contributed by atoms with Crippen molar-refractivity contribution in [1.29, 1.82) is 0 Å². The van der Waals surface area contributed by atoms with Gasteiger partial charge in [0.1, 0.15) is 5.82 Å². The molecule has 0 aliphatic carbocycles. The van der Waals surface area contributed by atoms with Gasteiger partial charge in [0.05, 0.1) is 18.1 Å². The van der Waals surface area contributed by atoms with Crippen LogP contribution in [0, 0.1) is 5.82 Å². The first kappa shape index (κ1) is 16.2. The molecule has 0 aromatic heterocycles. The van der Waals surface area contributed by atoms with Crippen LogP contribution in [-0.4, -0.2) is 44.4 Å². The van der Waals surface area contributed by atoms with Crippen molar-refractivity contribution in [1.82, 2.24) is 10.6 Å². The number of anilines is 1. The Bertz CT molecular complexity index is 660. The Balaban J connectivity index is 1.72. The molecule has 1 aromatic carbocycles. The lowest BCUT2D eigenvalue weighted by atomic mass is 10.3. The fraction of sp³-hybridized carbons (Fsp3) is 0.385. The average molecular weight is 329 g/mol. The summed E-state index contributed by atoms with van der Waals surface area (Å²) in [6, 6.07) is 4.18. The lowest BCUT2D eigenvalue weighted by Gasteiger charge is -2.12. The van der Waals surface area contributed by atoms with Crippen LogP contribution in [-0.2, 0) is 14.6 Å². The van der Waals surface area contributed by atoms with Gasteiger partial charge in [0, 0.05) is 11.7 Å². The molecule has 0 saturated carbocycles. The maximum absolute atomic E-state index is 12.7. The lowest BCUT2D eigenvalue weighted by Crippen LogP contribution is -2.45. The highest BCUT2D eigenvalue weighted by Gasteiger charge is 2.28. The predicted molar refractivity (Wildman–Crippen MR) is 78.6 cm³/mol. The van der Waals surface area contributed by atoms with Crippen LogP contribution < -0.4 is 16.0 Å². The van der Waals surface area contributed by atoms with Crippen LogP contribution in [0.3, 0.4) is 0 Å². The Labute approximate surface area is 127 Å². The second-order valence-electron chi connectivity index (χ2n) is 4.98. The molecule has 9 heteroatoms. The highest BCUT2D eigenvalue weighted by Crippen LogP contribution is 2.11. The van der Waals surface area contributed by atoms with Gasteiger partial charge in [-0.3, -0.25) is 4.79 Å². The van der Waals surface area contributed by atoms with Gasteiger partial charge in [0.15, 0.2) is 9.84 Å². The molecule has 1 saturated heterocycles. The minimum atomic E-state index is -3.07. The molecule has 1 aliphatic heterocycles. The second-order valence-corrected chi connectivity index (χ2v) is 7.21. The van der Waals surface area contributed by atoms with E-state index in [9.17, 15) is 22.4 Å². The molecular formula is C13H16FN3O4S. The number of amides is 3. The molecule has 0 radical (unpaired) electrons. The molecule has 3 N–H and O–H groups in total. The van der Waals surface area contributed by atoms with E-state index < -0.39 is 33.6 Å². The molecule has 7 nitrogen and oxygen atoms in total.